The minimum Gasteiger partial charge on any atom is -0.318 e. The Bertz CT molecular complexity index is 1650. The van der Waals surface area contributed by atoms with E-state index in [1.165, 1.54) is 23.9 Å². The molecule has 3 aromatic carbocycles. The van der Waals surface area contributed by atoms with Gasteiger partial charge in [-0.3, -0.25) is 14.2 Å². The number of aromatic nitrogens is 3. The van der Waals surface area contributed by atoms with E-state index < -0.39 is 0 Å². The summed E-state index contributed by atoms with van der Waals surface area (Å²) in [5.41, 5.74) is 5.26. The van der Waals surface area contributed by atoms with Crippen molar-refractivity contribution in [1.29, 1.82) is 0 Å². The number of nitrogens with zero attached hydrogens (tertiary/aromatic N) is 3. The SMILES string of the molecule is Cc1ccc(-n2c(SCC(=O)c3cc(C)n(-c4ccc(F)cc4)c3C)nc3ccccc3c2=O)cc1. The lowest BCUT2D eigenvalue weighted by atomic mass is 10.2. The van der Waals surface area contributed by atoms with Crippen LogP contribution >= 0.6 is 11.8 Å². The fourth-order valence-corrected chi connectivity index (χ4v) is 5.27. The van der Waals surface area contributed by atoms with Crippen molar-refractivity contribution in [2.24, 2.45) is 0 Å². The van der Waals surface area contributed by atoms with E-state index in [2.05, 4.69) is 0 Å². The van der Waals surface area contributed by atoms with Crippen LogP contribution in [0.3, 0.4) is 0 Å². The van der Waals surface area contributed by atoms with Gasteiger partial charge in [0.25, 0.3) is 5.56 Å². The second-order valence-corrected chi connectivity index (χ2v) is 9.64. The lowest BCUT2D eigenvalue weighted by Gasteiger charge is -2.13. The first kappa shape index (κ1) is 23.8. The maximum Gasteiger partial charge on any atom is 0.266 e. The van der Waals surface area contributed by atoms with E-state index in [1.807, 2.05) is 67.8 Å². The highest BCUT2D eigenvalue weighted by Crippen LogP contribution is 2.26. The molecule has 0 bridgehead atoms. The number of Topliss-reactive ketones (excluding diaryl/α,β-unsaturated/α-hetero) is 1. The summed E-state index contributed by atoms with van der Waals surface area (Å²) in [4.78, 5) is 31.5. The Hall–Kier alpha value is -3.97. The number of benzene rings is 3. The van der Waals surface area contributed by atoms with Crippen molar-refractivity contribution in [2.45, 2.75) is 25.9 Å². The molecule has 5 aromatic rings. The summed E-state index contributed by atoms with van der Waals surface area (Å²) < 4.78 is 16.9. The summed E-state index contributed by atoms with van der Waals surface area (Å²) >= 11 is 1.24. The Morgan fingerprint density at radius 1 is 0.889 bits per heavy atom. The molecule has 2 aromatic heterocycles. The van der Waals surface area contributed by atoms with Gasteiger partial charge in [-0.05, 0) is 75.4 Å². The predicted molar refractivity (Wildman–Crippen MR) is 142 cm³/mol. The zero-order valence-corrected chi connectivity index (χ0v) is 21.0. The van der Waals surface area contributed by atoms with Gasteiger partial charge in [-0.15, -0.1) is 0 Å². The second-order valence-electron chi connectivity index (χ2n) is 8.70. The number of fused-ring (bicyclic) bond motifs is 1. The molecular weight excluding hydrogens is 473 g/mol. The van der Waals surface area contributed by atoms with E-state index in [4.69, 9.17) is 4.98 Å². The highest BCUT2D eigenvalue weighted by atomic mass is 32.2. The first-order chi connectivity index (χ1) is 17.3. The van der Waals surface area contributed by atoms with Gasteiger partial charge in [0.15, 0.2) is 10.9 Å². The lowest BCUT2D eigenvalue weighted by Crippen LogP contribution is -2.22. The second kappa shape index (κ2) is 9.59. The lowest BCUT2D eigenvalue weighted by molar-refractivity contribution is 0.102. The summed E-state index contributed by atoms with van der Waals surface area (Å²) in [5.74, 6) is -0.264. The van der Waals surface area contributed by atoms with E-state index in [1.54, 1.807) is 28.8 Å². The van der Waals surface area contributed by atoms with E-state index in [9.17, 15) is 14.0 Å². The molecule has 7 heteroatoms. The molecule has 0 aliphatic rings. The average molecular weight is 498 g/mol. The summed E-state index contributed by atoms with van der Waals surface area (Å²) in [6, 6.07) is 22.9. The summed E-state index contributed by atoms with van der Waals surface area (Å²) in [7, 11) is 0. The minimum atomic E-state index is -0.309. The molecule has 0 amide bonds. The van der Waals surface area contributed by atoms with Gasteiger partial charge in [-0.25, -0.2) is 9.37 Å². The van der Waals surface area contributed by atoms with Crippen molar-refractivity contribution in [3.05, 3.63) is 118 Å². The molecule has 0 spiro atoms. The van der Waals surface area contributed by atoms with E-state index in [0.29, 0.717) is 27.3 Å². The number of para-hydroxylation sites is 1. The molecule has 5 nitrogen and oxygen atoms in total. The van der Waals surface area contributed by atoms with Crippen LogP contribution in [0.1, 0.15) is 27.3 Å². The average Bonchev–Trinajstić information content (AvgIpc) is 3.18. The number of halogens is 1. The molecule has 0 N–H and O–H groups in total. The fourth-order valence-electron chi connectivity index (χ4n) is 4.37. The van der Waals surface area contributed by atoms with Crippen LogP contribution in [0.5, 0.6) is 0 Å². The van der Waals surface area contributed by atoms with E-state index >= 15 is 0 Å². The molecule has 0 aliphatic carbocycles. The Balaban J connectivity index is 1.50. The summed E-state index contributed by atoms with van der Waals surface area (Å²) in [6.07, 6.45) is 0. The standard InChI is InChI=1S/C29H24FN3O2S/c1-18-8-12-23(13-9-18)33-28(35)24-6-4-5-7-26(24)31-29(33)36-17-27(34)25-16-19(2)32(20(25)3)22-14-10-21(30)11-15-22/h4-16H,17H2,1-3H3. The highest BCUT2D eigenvalue weighted by molar-refractivity contribution is 7.99. The molecule has 36 heavy (non-hydrogen) atoms. The van der Waals surface area contributed by atoms with Crippen LogP contribution in [0.4, 0.5) is 4.39 Å². The number of thioether (sulfide) groups is 1. The van der Waals surface area contributed by atoms with Crippen molar-refractivity contribution in [3.8, 4) is 11.4 Å². The molecule has 0 aliphatic heterocycles. The molecule has 0 saturated heterocycles. The van der Waals surface area contributed by atoms with Gasteiger partial charge in [0.2, 0.25) is 0 Å². The normalized spacial score (nSPS) is 11.2. The maximum atomic E-state index is 13.4. The molecule has 0 radical (unpaired) electrons. The number of aryl methyl sites for hydroxylation is 2. The topological polar surface area (TPSA) is 56.9 Å². The van der Waals surface area contributed by atoms with Crippen LogP contribution in [0.15, 0.2) is 88.8 Å². The van der Waals surface area contributed by atoms with E-state index in [-0.39, 0.29) is 22.9 Å². The van der Waals surface area contributed by atoms with Gasteiger partial charge >= 0.3 is 0 Å². The van der Waals surface area contributed by atoms with Crippen molar-refractivity contribution < 1.29 is 9.18 Å². The van der Waals surface area contributed by atoms with Gasteiger partial charge in [0, 0.05) is 22.6 Å². The summed E-state index contributed by atoms with van der Waals surface area (Å²) in [5, 5.41) is 0.986. The third-order valence-corrected chi connectivity index (χ3v) is 7.12. The largest absolute Gasteiger partial charge is 0.318 e. The molecule has 5 rings (SSSR count). The van der Waals surface area contributed by atoms with Crippen LogP contribution in [0, 0.1) is 26.6 Å². The predicted octanol–water partition coefficient (Wildman–Crippen LogP) is 6.22. The third kappa shape index (κ3) is 4.38. The molecule has 0 saturated carbocycles. The van der Waals surface area contributed by atoms with Gasteiger partial charge < -0.3 is 4.57 Å². The zero-order chi connectivity index (χ0) is 25.4. The van der Waals surface area contributed by atoms with Gasteiger partial charge in [-0.2, -0.15) is 0 Å². The molecule has 0 fully saturated rings. The first-order valence-electron chi connectivity index (χ1n) is 11.5. The molecule has 0 unspecified atom stereocenters. The number of ketones is 1. The number of hydrogen-bond acceptors (Lipinski definition) is 4. The zero-order valence-electron chi connectivity index (χ0n) is 20.2. The number of rotatable bonds is 6. The number of carbonyl (C=O) groups is 1. The third-order valence-electron chi connectivity index (χ3n) is 6.19. The van der Waals surface area contributed by atoms with Gasteiger partial charge in [0.05, 0.1) is 22.3 Å². The van der Waals surface area contributed by atoms with Crippen LogP contribution in [0.25, 0.3) is 22.3 Å². The smallest absolute Gasteiger partial charge is 0.266 e. The van der Waals surface area contributed by atoms with E-state index in [0.717, 1.165) is 22.6 Å². The van der Waals surface area contributed by atoms with Crippen molar-refractivity contribution >= 4 is 28.4 Å². The minimum absolute atomic E-state index is 0.0701. The van der Waals surface area contributed by atoms with Crippen LogP contribution in [0.2, 0.25) is 0 Å². The van der Waals surface area contributed by atoms with Gasteiger partial charge in [0.1, 0.15) is 5.82 Å². The highest BCUT2D eigenvalue weighted by Gasteiger charge is 2.19. The Kier molecular flexibility index (Phi) is 6.33. The van der Waals surface area contributed by atoms with Crippen molar-refractivity contribution in [3.63, 3.8) is 0 Å². The molecule has 0 atom stereocenters. The van der Waals surface area contributed by atoms with Crippen LogP contribution in [-0.4, -0.2) is 25.7 Å². The Labute approximate surface area is 212 Å². The maximum absolute atomic E-state index is 13.4. The quantitative estimate of drug-likeness (QED) is 0.159. The van der Waals surface area contributed by atoms with Crippen molar-refractivity contribution in [2.75, 3.05) is 5.75 Å². The first-order valence-corrected chi connectivity index (χ1v) is 12.5. The molecular formula is C29H24FN3O2S. The van der Waals surface area contributed by atoms with Crippen LogP contribution in [-0.2, 0) is 0 Å². The molecule has 2 heterocycles. The van der Waals surface area contributed by atoms with Gasteiger partial charge in [-0.1, -0.05) is 41.6 Å². The Morgan fingerprint density at radius 2 is 1.53 bits per heavy atom. The van der Waals surface area contributed by atoms with Crippen LogP contribution < -0.4 is 5.56 Å². The fraction of sp³-hybridized carbons (Fsp3) is 0.138. The number of carbonyl (C=O) groups excluding carboxylic acids is 1. The Morgan fingerprint density at radius 3 is 2.25 bits per heavy atom. The van der Waals surface area contributed by atoms with Crippen molar-refractivity contribution in [1.82, 2.24) is 14.1 Å². The molecule has 180 valence electrons. The summed E-state index contributed by atoms with van der Waals surface area (Å²) in [6.45, 7) is 5.78. The number of hydrogen-bond donors (Lipinski definition) is 0. The monoisotopic (exact) mass is 497 g/mol.